The molecule has 2 aromatic heterocycles. The van der Waals surface area contributed by atoms with Gasteiger partial charge in [0.1, 0.15) is 22.2 Å². The van der Waals surface area contributed by atoms with Crippen molar-refractivity contribution in [1.29, 1.82) is 0 Å². The molecule has 0 radical (unpaired) electrons. The number of benzene rings is 1. The van der Waals surface area contributed by atoms with Crippen LogP contribution in [-0.4, -0.2) is 51.6 Å². The lowest BCUT2D eigenvalue weighted by Crippen LogP contribution is -2.17. The maximum absolute atomic E-state index is 12.8. The predicted octanol–water partition coefficient (Wildman–Crippen LogP) is 4.97. The molecule has 0 bridgehead atoms. The average Bonchev–Trinajstić information content (AvgIpc) is 3.40. The molecule has 0 aliphatic heterocycles. The van der Waals surface area contributed by atoms with Gasteiger partial charge in [-0.1, -0.05) is 37.7 Å². The molecular formula is C26H32N4O6S2. The van der Waals surface area contributed by atoms with Crippen LogP contribution < -0.4 is 10.1 Å². The number of thiophene rings is 1. The normalized spacial score (nSPS) is 10.9. The van der Waals surface area contributed by atoms with Gasteiger partial charge in [0.15, 0.2) is 11.0 Å². The van der Waals surface area contributed by atoms with E-state index in [9.17, 15) is 14.4 Å². The van der Waals surface area contributed by atoms with Gasteiger partial charge in [-0.25, -0.2) is 9.59 Å². The van der Waals surface area contributed by atoms with Gasteiger partial charge >= 0.3 is 11.9 Å². The van der Waals surface area contributed by atoms with Gasteiger partial charge in [-0.05, 0) is 49.9 Å². The molecule has 0 aliphatic carbocycles. The summed E-state index contributed by atoms with van der Waals surface area (Å²) in [4.78, 5) is 37.9. The Bertz CT molecular complexity index is 1280. The van der Waals surface area contributed by atoms with Gasteiger partial charge in [0, 0.05) is 7.05 Å². The van der Waals surface area contributed by atoms with Crippen molar-refractivity contribution in [3.8, 4) is 5.75 Å². The molecule has 3 aromatic rings. The molecule has 0 spiro atoms. The molecule has 0 fully saturated rings. The van der Waals surface area contributed by atoms with Gasteiger partial charge in [0.05, 0.1) is 24.5 Å². The standard InChI is InChI=1S/C26H32N4O6S2/c1-7-34-24(32)21-16(5)22(25(33)35-8-2)38-23(21)27-20(31)14-37-26-29-28-19(30(26)6)13-36-18-11-9-17(10-12-18)15(3)4/h9-12,15H,7-8,13-14H2,1-6H3,(H,27,31). The molecular weight excluding hydrogens is 528 g/mol. The first-order valence-corrected chi connectivity index (χ1v) is 14.0. The Hall–Kier alpha value is -3.38. The van der Waals surface area contributed by atoms with Crippen LogP contribution >= 0.6 is 23.1 Å². The van der Waals surface area contributed by atoms with Crippen LogP contribution in [0.4, 0.5) is 5.00 Å². The highest BCUT2D eigenvalue weighted by Gasteiger charge is 2.27. The van der Waals surface area contributed by atoms with E-state index in [1.165, 1.54) is 17.3 Å². The number of hydrogen-bond acceptors (Lipinski definition) is 10. The Labute approximate surface area is 230 Å². The van der Waals surface area contributed by atoms with Gasteiger partial charge in [0.25, 0.3) is 0 Å². The van der Waals surface area contributed by atoms with Crippen molar-refractivity contribution in [3.63, 3.8) is 0 Å². The lowest BCUT2D eigenvalue weighted by atomic mass is 10.0. The third-order valence-corrected chi connectivity index (χ3v) is 7.72. The van der Waals surface area contributed by atoms with E-state index >= 15 is 0 Å². The third kappa shape index (κ3) is 7.13. The number of anilines is 1. The van der Waals surface area contributed by atoms with Crippen molar-refractivity contribution in [2.24, 2.45) is 7.05 Å². The molecule has 0 saturated carbocycles. The van der Waals surface area contributed by atoms with E-state index in [4.69, 9.17) is 14.2 Å². The lowest BCUT2D eigenvalue weighted by Gasteiger charge is -2.09. The minimum atomic E-state index is -0.614. The molecule has 10 nitrogen and oxygen atoms in total. The quantitative estimate of drug-likeness (QED) is 0.242. The number of nitrogens with one attached hydrogen (secondary N) is 1. The molecule has 0 unspecified atom stereocenters. The second-order valence-electron chi connectivity index (χ2n) is 8.51. The molecule has 3 rings (SSSR count). The zero-order chi connectivity index (χ0) is 27.8. The van der Waals surface area contributed by atoms with Gasteiger partial charge in [-0.3, -0.25) is 4.79 Å². The Morgan fingerprint density at radius 2 is 1.71 bits per heavy atom. The highest BCUT2D eigenvalue weighted by Crippen LogP contribution is 2.34. The van der Waals surface area contributed by atoms with Crippen molar-refractivity contribution in [1.82, 2.24) is 14.8 Å². The Morgan fingerprint density at radius 3 is 2.34 bits per heavy atom. The highest BCUT2D eigenvalue weighted by molar-refractivity contribution is 7.99. The summed E-state index contributed by atoms with van der Waals surface area (Å²) in [6.45, 7) is 9.86. The largest absolute Gasteiger partial charge is 0.486 e. The van der Waals surface area contributed by atoms with E-state index in [2.05, 4.69) is 29.4 Å². The number of thioether (sulfide) groups is 1. The van der Waals surface area contributed by atoms with Crippen LogP contribution in [0, 0.1) is 6.92 Å². The van der Waals surface area contributed by atoms with Crippen molar-refractivity contribution in [3.05, 3.63) is 51.7 Å². The van der Waals surface area contributed by atoms with Crippen LogP contribution in [0.5, 0.6) is 5.75 Å². The highest BCUT2D eigenvalue weighted by atomic mass is 32.2. The second kappa shape index (κ2) is 13.4. The molecule has 38 heavy (non-hydrogen) atoms. The van der Waals surface area contributed by atoms with Crippen LogP contribution in [0.1, 0.15) is 70.6 Å². The average molecular weight is 561 g/mol. The summed E-state index contributed by atoms with van der Waals surface area (Å²) in [5, 5.41) is 11.8. The maximum Gasteiger partial charge on any atom is 0.348 e. The fourth-order valence-electron chi connectivity index (χ4n) is 3.43. The monoisotopic (exact) mass is 560 g/mol. The molecule has 1 N–H and O–H groups in total. The number of aromatic nitrogens is 3. The van der Waals surface area contributed by atoms with Gasteiger partial charge in [-0.15, -0.1) is 21.5 Å². The smallest absolute Gasteiger partial charge is 0.348 e. The Balaban J connectivity index is 1.63. The molecule has 12 heteroatoms. The van der Waals surface area contributed by atoms with E-state index < -0.39 is 11.9 Å². The number of rotatable bonds is 12. The first-order chi connectivity index (χ1) is 18.2. The number of hydrogen-bond donors (Lipinski definition) is 1. The molecule has 0 aliphatic rings. The topological polar surface area (TPSA) is 122 Å². The van der Waals surface area contributed by atoms with Crippen LogP contribution in [0.2, 0.25) is 0 Å². The van der Waals surface area contributed by atoms with E-state index in [1.807, 2.05) is 24.3 Å². The van der Waals surface area contributed by atoms with E-state index in [0.717, 1.165) is 17.1 Å². The number of carbonyl (C=O) groups is 3. The van der Waals surface area contributed by atoms with Crippen LogP contribution in [0.15, 0.2) is 29.4 Å². The van der Waals surface area contributed by atoms with E-state index in [-0.39, 0.29) is 46.9 Å². The number of nitrogens with zero attached hydrogens (tertiary/aromatic N) is 3. The van der Waals surface area contributed by atoms with Gasteiger partial charge in [0.2, 0.25) is 5.91 Å². The van der Waals surface area contributed by atoms with Crippen LogP contribution in [0.25, 0.3) is 0 Å². The zero-order valence-electron chi connectivity index (χ0n) is 22.3. The first-order valence-electron chi connectivity index (χ1n) is 12.2. The van der Waals surface area contributed by atoms with Crippen molar-refractivity contribution in [2.75, 3.05) is 24.3 Å². The third-order valence-electron chi connectivity index (χ3n) is 5.51. The minimum absolute atomic E-state index is 0.0114. The fraction of sp³-hybridized carbons (Fsp3) is 0.423. The van der Waals surface area contributed by atoms with Gasteiger partial charge < -0.3 is 24.1 Å². The summed E-state index contributed by atoms with van der Waals surface area (Å²) in [7, 11) is 1.80. The summed E-state index contributed by atoms with van der Waals surface area (Å²) in [6, 6.07) is 7.93. The van der Waals surface area contributed by atoms with Crippen molar-refractivity contribution in [2.45, 2.75) is 52.3 Å². The SMILES string of the molecule is CCOC(=O)c1sc(NC(=O)CSc2nnc(COc3ccc(C(C)C)cc3)n2C)c(C(=O)OCC)c1C. The van der Waals surface area contributed by atoms with Gasteiger partial charge in [-0.2, -0.15) is 0 Å². The summed E-state index contributed by atoms with van der Waals surface area (Å²) >= 11 is 2.18. The maximum atomic E-state index is 12.8. The summed E-state index contributed by atoms with van der Waals surface area (Å²) in [5.74, 6) is 0.257. The second-order valence-corrected chi connectivity index (χ2v) is 10.5. The summed E-state index contributed by atoms with van der Waals surface area (Å²) in [6.07, 6.45) is 0. The van der Waals surface area contributed by atoms with E-state index in [0.29, 0.717) is 22.5 Å². The molecule has 204 valence electrons. The summed E-state index contributed by atoms with van der Waals surface area (Å²) in [5.41, 5.74) is 1.79. The van der Waals surface area contributed by atoms with Crippen molar-refractivity contribution >= 4 is 45.9 Å². The Kier molecular flexibility index (Phi) is 10.3. The number of carbonyl (C=O) groups excluding carboxylic acids is 3. The van der Waals surface area contributed by atoms with E-state index in [1.54, 1.807) is 32.4 Å². The molecule has 0 atom stereocenters. The first kappa shape index (κ1) is 29.2. The lowest BCUT2D eigenvalue weighted by molar-refractivity contribution is -0.113. The Morgan fingerprint density at radius 1 is 1.05 bits per heavy atom. The number of ether oxygens (including phenoxy) is 3. The van der Waals surface area contributed by atoms with Crippen LogP contribution in [-0.2, 0) is 27.9 Å². The summed E-state index contributed by atoms with van der Waals surface area (Å²) < 4.78 is 17.8. The zero-order valence-corrected chi connectivity index (χ0v) is 24.0. The van der Waals surface area contributed by atoms with Crippen molar-refractivity contribution < 1.29 is 28.6 Å². The van der Waals surface area contributed by atoms with Crippen LogP contribution in [0.3, 0.4) is 0 Å². The molecule has 0 saturated heterocycles. The fourth-order valence-corrected chi connectivity index (χ4v) is 5.26. The molecule has 2 heterocycles. The minimum Gasteiger partial charge on any atom is -0.486 e. The number of amides is 1. The number of esters is 2. The molecule has 1 aromatic carbocycles. The predicted molar refractivity (Wildman–Crippen MR) is 146 cm³/mol. The molecule has 1 amide bonds.